The average Bonchev–Trinajstić information content (AvgIpc) is 2.46. The molecule has 0 atom stereocenters. The van der Waals surface area contributed by atoms with Crippen molar-refractivity contribution in [2.24, 2.45) is 0 Å². The molecule has 0 unspecified atom stereocenters. The number of hydrogen-bond donors (Lipinski definition) is 1. The monoisotopic (exact) mass is 269 g/mol. The Balaban J connectivity index is 1.74. The van der Waals surface area contributed by atoms with Gasteiger partial charge in [0.05, 0.1) is 6.61 Å². The molecule has 2 aromatic carbocycles. The third kappa shape index (κ3) is 2.82. The average molecular weight is 269 g/mol. The molecule has 0 aliphatic carbocycles. The minimum Gasteiger partial charge on any atom is -0.492 e. The van der Waals surface area contributed by atoms with Crippen LogP contribution in [0.25, 0.3) is 0 Å². The first kappa shape index (κ1) is 12.3. The zero-order chi connectivity index (χ0) is 13.1. The van der Waals surface area contributed by atoms with Crippen molar-refractivity contribution in [1.82, 2.24) is 0 Å². The van der Waals surface area contributed by atoms with Crippen LogP contribution in [0.1, 0.15) is 17.5 Å². The van der Waals surface area contributed by atoms with Crippen molar-refractivity contribution in [3.63, 3.8) is 0 Å². The van der Waals surface area contributed by atoms with E-state index in [0.29, 0.717) is 18.7 Å². The molecule has 96 valence electrons. The van der Waals surface area contributed by atoms with Crippen LogP contribution in [0, 0.1) is 5.41 Å². The molecule has 2 nitrogen and oxygen atoms in total. The molecule has 0 saturated heterocycles. The number of nitrogens with one attached hydrogen (secondary N) is 1. The van der Waals surface area contributed by atoms with Crippen LogP contribution in [-0.2, 0) is 5.75 Å². The Hall–Kier alpha value is -1.74. The van der Waals surface area contributed by atoms with E-state index < -0.39 is 0 Å². The number of ether oxygens (including phenoxy) is 1. The van der Waals surface area contributed by atoms with Crippen LogP contribution >= 0.6 is 11.8 Å². The Morgan fingerprint density at radius 3 is 2.79 bits per heavy atom. The van der Waals surface area contributed by atoms with E-state index in [0.717, 1.165) is 17.1 Å². The summed E-state index contributed by atoms with van der Waals surface area (Å²) >= 11 is 1.80. The highest BCUT2D eigenvalue weighted by atomic mass is 32.2. The molecular weight excluding hydrogens is 254 g/mol. The zero-order valence-corrected chi connectivity index (χ0v) is 11.4. The summed E-state index contributed by atoms with van der Waals surface area (Å²) in [6.07, 6.45) is 0.712. The highest BCUT2D eigenvalue weighted by Crippen LogP contribution is 2.31. The molecule has 0 bridgehead atoms. The molecule has 0 saturated carbocycles. The maximum atomic E-state index is 7.89. The third-order valence-electron chi connectivity index (χ3n) is 3.14. The molecule has 0 fully saturated rings. The Morgan fingerprint density at radius 1 is 1.11 bits per heavy atom. The summed E-state index contributed by atoms with van der Waals surface area (Å²) < 4.78 is 5.63. The Morgan fingerprint density at radius 2 is 1.95 bits per heavy atom. The minimum absolute atomic E-state index is 0.624. The fraction of sp³-hybridized carbons (Fsp3) is 0.188. The van der Waals surface area contributed by atoms with E-state index in [1.807, 2.05) is 12.1 Å². The molecule has 1 N–H and O–H groups in total. The molecule has 1 heterocycles. The summed E-state index contributed by atoms with van der Waals surface area (Å²) in [4.78, 5) is 1.19. The first-order valence-corrected chi connectivity index (χ1v) is 7.33. The van der Waals surface area contributed by atoms with Gasteiger partial charge in [0, 0.05) is 28.3 Å². The fourth-order valence-corrected chi connectivity index (χ4v) is 2.98. The van der Waals surface area contributed by atoms with Crippen LogP contribution in [0.3, 0.4) is 0 Å². The maximum absolute atomic E-state index is 7.89. The van der Waals surface area contributed by atoms with E-state index in [2.05, 4.69) is 36.4 Å². The largest absolute Gasteiger partial charge is 0.492 e. The van der Waals surface area contributed by atoms with Crippen LogP contribution in [0.5, 0.6) is 5.75 Å². The van der Waals surface area contributed by atoms with E-state index in [-0.39, 0.29) is 0 Å². The first-order valence-electron chi connectivity index (χ1n) is 6.34. The minimum atomic E-state index is 0.624. The van der Waals surface area contributed by atoms with Gasteiger partial charge < -0.3 is 10.1 Å². The van der Waals surface area contributed by atoms with Crippen molar-refractivity contribution in [2.75, 3.05) is 6.61 Å². The number of thioether (sulfide) groups is 1. The molecule has 0 spiro atoms. The quantitative estimate of drug-likeness (QED) is 0.850. The van der Waals surface area contributed by atoms with E-state index in [9.17, 15) is 0 Å². The molecule has 3 rings (SSSR count). The Labute approximate surface area is 117 Å². The van der Waals surface area contributed by atoms with Crippen molar-refractivity contribution < 1.29 is 4.74 Å². The summed E-state index contributed by atoms with van der Waals surface area (Å²) in [5, 5.41) is 7.89. The molecule has 0 amide bonds. The Bertz CT molecular complexity index is 595. The number of benzene rings is 2. The van der Waals surface area contributed by atoms with Gasteiger partial charge in [-0.1, -0.05) is 30.3 Å². The topological polar surface area (TPSA) is 33.1 Å². The smallest absolute Gasteiger partial charge is 0.129 e. The number of fused-ring (bicyclic) bond motifs is 1. The van der Waals surface area contributed by atoms with Gasteiger partial charge in [-0.2, -0.15) is 0 Å². The van der Waals surface area contributed by atoms with Crippen molar-refractivity contribution in [3.05, 3.63) is 59.7 Å². The summed E-state index contributed by atoms with van der Waals surface area (Å²) in [7, 11) is 0. The molecule has 19 heavy (non-hydrogen) atoms. The molecule has 1 aliphatic heterocycles. The van der Waals surface area contributed by atoms with Crippen molar-refractivity contribution in [1.29, 1.82) is 5.41 Å². The zero-order valence-electron chi connectivity index (χ0n) is 10.6. The van der Waals surface area contributed by atoms with Crippen LogP contribution in [0.4, 0.5) is 0 Å². The first-order chi connectivity index (χ1) is 9.33. The summed E-state index contributed by atoms with van der Waals surface area (Å²) in [5.41, 5.74) is 2.94. The van der Waals surface area contributed by atoms with Gasteiger partial charge in [0.25, 0.3) is 0 Å². The molecular formula is C16H15NOS. The number of hydrogen-bond acceptors (Lipinski definition) is 3. The van der Waals surface area contributed by atoms with Gasteiger partial charge in [0.15, 0.2) is 0 Å². The van der Waals surface area contributed by atoms with Crippen molar-refractivity contribution in [3.8, 4) is 5.75 Å². The number of rotatable bonds is 3. The van der Waals surface area contributed by atoms with Crippen LogP contribution in [0.15, 0.2) is 53.4 Å². The molecule has 0 aromatic heterocycles. The van der Waals surface area contributed by atoms with E-state index in [4.69, 9.17) is 10.1 Å². The second-order valence-corrected chi connectivity index (χ2v) is 5.56. The van der Waals surface area contributed by atoms with Crippen LogP contribution in [-0.4, -0.2) is 12.3 Å². The lowest BCUT2D eigenvalue weighted by Crippen LogP contribution is -2.15. The normalized spacial score (nSPS) is 13.8. The van der Waals surface area contributed by atoms with Crippen LogP contribution in [0.2, 0.25) is 0 Å². The third-order valence-corrected chi connectivity index (χ3v) is 4.20. The van der Waals surface area contributed by atoms with E-state index in [1.165, 1.54) is 10.5 Å². The highest BCUT2D eigenvalue weighted by Gasteiger charge is 2.15. The SMILES string of the molecule is N=C1CCOc2cc(SCc3ccccc3)ccc21. The van der Waals surface area contributed by atoms with Gasteiger partial charge in [-0.05, 0) is 23.8 Å². The summed E-state index contributed by atoms with van der Waals surface area (Å²) in [6, 6.07) is 16.6. The Kier molecular flexibility index (Phi) is 3.56. The highest BCUT2D eigenvalue weighted by molar-refractivity contribution is 7.98. The second kappa shape index (κ2) is 5.49. The molecule has 0 radical (unpaired) electrons. The second-order valence-electron chi connectivity index (χ2n) is 4.51. The summed E-state index contributed by atoms with van der Waals surface area (Å²) in [5.74, 6) is 1.81. The van der Waals surface area contributed by atoms with E-state index >= 15 is 0 Å². The lowest BCUT2D eigenvalue weighted by atomic mass is 10.0. The molecule has 2 aromatic rings. The summed E-state index contributed by atoms with van der Waals surface area (Å²) in [6.45, 7) is 0.624. The molecule has 3 heteroatoms. The van der Waals surface area contributed by atoms with Gasteiger partial charge in [0.1, 0.15) is 5.75 Å². The fourth-order valence-electron chi connectivity index (χ4n) is 2.10. The molecule has 1 aliphatic rings. The van der Waals surface area contributed by atoms with Gasteiger partial charge in [-0.3, -0.25) is 0 Å². The predicted octanol–water partition coefficient (Wildman–Crippen LogP) is 4.13. The van der Waals surface area contributed by atoms with Gasteiger partial charge in [-0.15, -0.1) is 11.8 Å². The van der Waals surface area contributed by atoms with Crippen molar-refractivity contribution in [2.45, 2.75) is 17.1 Å². The standard InChI is InChI=1S/C16H15NOS/c17-15-8-9-18-16-10-13(6-7-14(15)16)19-11-12-4-2-1-3-5-12/h1-7,10,17H,8-9,11H2. The van der Waals surface area contributed by atoms with Gasteiger partial charge in [-0.25, -0.2) is 0 Å². The maximum Gasteiger partial charge on any atom is 0.129 e. The van der Waals surface area contributed by atoms with Crippen molar-refractivity contribution >= 4 is 17.5 Å². The van der Waals surface area contributed by atoms with E-state index in [1.54, 1.807) is 11.8 Å². The predicted molar refractivity (Wildman–Crippen MR) is 79.4 cm³/mol. The lowest BCUT2D eigenvalue weighted by molar-refractivity contribution is 0.319. The van der Waals surface area contributed by atoms with Gasteiger partial charge in [0.2, 0.25) is 0 Å². The van der Waals surface area contributed by atoms with Crippen LogP contribution < -0.4 is 4.74 Å². The van der Waals surface area contributed by atoms with Gasteiger partial charge >= 0.3 is 0 Å². The lowest BCUT2D eigenvalue weighted by Gasteiger charge is -2.18.